The van der Waals surface area contributed by atoms with Crippen molar-refractivity contribution in [2.75, 3.05) is 39.3 Å². The summed E-state index contributed by atoms with van der Waals surface area (Å²) in [5, 5.41) is 5.96. The van der Waals surface area contributed by atoms with Crippen molar-refractivity contribution in [2.24, 2.45) is 4.99 Å². The van der Waals surface area contributed by atoms with Crippen LogP contribution >= 0.6 is 11.6 Å². The Morgan fingerprint density at radius 1 is 1.41 bits per heavy atom. The predicted molar refractivity (Wildman–Crippen MR) is 104 cm³/mol. The van der Waals surface area contributed by atoms with E-state index < -0.39 is 11.7 Å². The SMILES string of the molecule is CCNC(=NCCCN1CCCC1=O)NCCOc1ncc(C(F)(F)F)cc1Cl. The molecule has 0 saturated carbocycles. The van der Waals surface area contributed by atoms with Gasteiger partial charge in [0.15, 0.2) is 5.96 Å². The average molecular weight is 436 g/mol. The monoisotopic (exact) mass is 435 g/mol. The first-order valence-electron chi connectivity index (χ1n) is 9.46. The second-order valence-corrected chi connectivity index (χ2v) is 6.79. The molecule has 1 aliphatic heterocycles. The fraction of sp³-hybridized carbons (Fsp3) is 0.611. The standard InChI is InChI=1S/C18H25ClF3N5O2/c1-2-23-17(24-6-4-9-27-8-3-5-15(27)28)25-7-10-29-16-14(19)11-13(12-26-16)18(20,21)22/h11-12H,2-10H2,1H3,(H2,23,24,25). The summed E-state index contributed by atoms with van der Waals surface area (Å²) in [6, 6.07) is 0.786. The van der Waals surface area contributed by atoms with Gasteiger partial charge in [0.05, 0.1) is 12.1 Å². The molecule has 7 nitrogen and oxygen atoms in total. The Morgan fingerprint density at radius 2 is 2.21 bits per heavy atom. The van der Waals surface area contributed by atoms with Crippen molar-refractivity contribution in [3.05, 3.63) is 22.8 Å². The van der Waals surface area contributed by atoms with Gasteiger partial charge < -0.3 is 20.3 Å². The molecule has 29 heavy (non-hydrogen) atoms. The zero-order chi connectivity index (χ0) is 21.3. The molecule has 1 saturated heterocycles. The number of alkyl halides is 3. The largest absolute Gasteiger partial charge is 0.475 e. The normalized spacial score (nSPS) is 15.0. The molecule has 1 fully saturated rings. The van der Waals surface area contributed by atoms with Gasteiger partial charge in [0.2, 0.25) is 11.8 Å². The van der Waals surface area contributed by atoms with Crippen molar-refractivity contribution in [2.45, 2.75) is 32.4 Å². The number of carbonyl (C=O) groups is 1. The molecule has 0 spiro atoms. The summed E-state index contributed by atoms with van der Waals surface area (Å²) < 4.78 is 43.2. The third-order valence-electron chi connectivity index (χ3n) is 4.14. The van der Waals surface area contributed by atoms with Gasteiger partial charge >= 0.3 is 6.18 Å². The van der Waals surface area contributed by atoms with Gasteiger partial charge in [-0.1, -0.05) is 11.6 Å². The number of amides is 1. The number of nitrogens with one attached hydrogen (secondary N) is 2. The maximum atomic E-state index is 12.6. The number of aromatic nitrogens is 1. The molecular formula is C18H25ClF3N5O2. The van der Waals surface area contributed by atoms with Crippen LogP contribution in [0, 0.1) is 0 Å². The first-order valence-corrected chi connectivity index (χ1v) is 9.84. The highest BCUT2D eigenvalue weighted by molar-refractivity contribution is 6.31. The zero-order valence-corrected chi connectivity index (χ0v) is 16.9. The Morgan fingerprint density at radius 3 is 2.83 bits per heavy atom. The maximum absolute atomic E-state index is 12.6. The molecule has 2 rings (SSSR count). The topological polar surface area (TPSA) is 78.9 Å². The quantitative estimate of drug-likeness (QED) is 0.354. The van der Waals surface area contributed by atoms with Crippen LogP contribution < -0.4 is 15.4 Å². The van der Waals surface area contributed by atoms with Crippen LogP contribution in [0.5, 0.6) is 5.88 Å². The van der Waals surface area contributed by atoms with E-state index >= 15 is 0 Å². The Hall–Kier alpha value is -2.23. The number of ether oxygens (including phenoxy) is 1. The number of guanidine groups is 1. The van der Waals surface area contributed by atoms with Crippen LogP contribution in [0.3, 0.4) is 0 Å². The van der Waals surface area contributed by atoms with Crippen molar-refractivity contribution in [1.82, 2.24) is 20.5 Å². The number of halogens is 4. The van der Waals surface area contributed by atoms with Gasteiger partial charge in [-0.3, -0.25) is 9.79 Å². The second-order valence-electron chi connectivity index (χ2n) is 6.38. The third kappa shape index (κ3) is 7.60. The van der Waals surface area contributed by atoms with E-state index in [1.165, 1.54) is 0 Å². The van der Waals surface area contributed by atoms with E-state index in [0.29, 0.717) is 44.8 Å². The summed E-state index contributed by atoms with van der Waals surface area (Å²) in [6.45, 7) is 5.18. The lowest BCUT2D eigenvalue weighted by molar-refractivity contribution is -0.137. The lowest BCUT2D eigenvalue weighted by Gasteiger charge is -2.15. The van der Waals surface area contributed by atoms with Crippen LogP contribution in [0.2, 0.25) is 5.02 Å². The van der Waals surface area contributed by atoms with Gasteiger partial charge in [-0.2, -0.15) is 13.2 Å². The van der Waals surface area contributed by atoms with Crippen LogP contribution in [0.25, 0.3) is 0 Å². The lowest BCUT2D eigenvalue weighted by atomic mass is 10.3. The molecule has 0 atom stereocenters. The van der Waals surface area contributed by atoms with E-state index in [0.717, 1.165) is 25.5 Å². The molecule has 1 aromatic rings. The van der Waals surface area contributed by atoms with Crippen molar-refractivity contribution in [3.8, 4) is 5.88 Å². The molecule has 162 valence electrons. The van der Waals surface area contributed by atoms with E-state index in [1.807, 2.05) is 11.8 Å². The minimum absolute atomic E-state index is 0.0568. The van der Waals surface area contributed by atoms with E-state index in [2.05, 4.69) is 20.6 Å². The van der Waals surface area contributed by atoms with E-state index in [1.54, 1.807) is 0 Å². The van der Waals surface area contributed by atoms with Crippen LogP contribution in [0.1, 0.15) is 31.7 Å². The summed E-state index contributed by atoms with van der Waals surface area (Å²) in [5.74, 6) is 0.737. The van der Waals surface area contributed by atoms with Crippen LogP contribution in [-0.4, -0.2) is 61.1 Å². The zero-order valence-electron chi connectivity index (χ0n) is 16.2. The van der Waals surface area contributed by atoms with Crippen LogP contribution in [0.15, 0.2) is 17.3 Å². The maximum Gasteiger partial charge on any atom is 0.417 e. The Kier molecular flexibility index (Phi) is 8.81. The summed E-state index contributed by atoms with van der Waals surface area (Å²) in [4.78, 5) is 21.5. The Labute approximate surface area is 172 Å². The molecule has 0 unspecified atom stereocenters. The number of aliphatic imine (C=N–C) groups is 1. The molecule has 2 heterocycles. The lowest BCUT2D eigenvalue weighted by Crippen LogP contribution is -2.39. The van der Waals surface area contributed by atoms with Gasteiger partial charge in [-0.15, -0.1) is 0 Å². The first kappa shape index (κ1) is 23.1. The molecule has 0 radical (unpaired) electrons. The predicted octanol–water partition coefficient (Wildman–Crippen LogP) is 2.70. The molecule has 1 aliphatic rings. The number of rotatable bonds is 9. The summed E-state index contributed by atoms with van der Waals surface area (Å²) in [6.07, 6.45) is -1.50. The number of pyridine rings is 1. The minimum Gasteiger partial charge on any atom is -0.475 e. The van der Waals surface area contributed by atoms with Crippen LogP contribution in [-0.2, 0) is 11.0 Å². The average Bonchev–Trinajstić information content (AvgIpc) is 3.07. The molecule has 1 aromatic heterocycles. The van der Waals surface area contributed by atoms with Gasteiger partial charge in [-0.25, -0.2) is 4.98 Å². The fourth-order valence-electron chi connectivity index (χ4n) is 2.74. The van der Waals surface area contributed by atoms with Crippen LogP contribution in [0.4, 0.5) is 13.2 Å². The first-order chi connectivity index (χ1) is 13.8. The number of carbonyl (C=O) groups excluding carboxylic acids is 1. The Balaban J connectivity index is 1.73. The third-order valence-corrected chi connectivity index (χ3v) is 4.41. The molecule has 0 aliphatic carbocycles. The van der Waals surface area contributed by atoms with Gasteiger partial charge in [-0.05, 0) is 25.8 Å². The summed E-state index contributed by atoms with van der Waals surface area (Å²) in [7, 11) is 0. The Bertz CT molecular complexity index is 715. The summed E-state index contributed by atoms with van der Waals surface area (Å²) >= 11 is 5.80. The number of nitrogens with zero attached hydrogens (tertiary/aromatic N) is 3. The van der Waals surface area contributed by atoms with E-state index in [9.17, 15) is 18.0 Å². The smallest absolute Gasteiger partial charge is 0.417 e. The highest BCUT2D eigenvalue weighted by Crippen LogP contribution is 2.32. The molecule has 1 amide bonds. The van der Waals surface area contributed by atoms with Gasteiger partial charge in [0.1, 0.15) is 11.6 Å². The van der Waals surface area contributed by atoms with Crippen molar-refractivity contribution in [1.29, 1.82) is 0 Å². The molecule has 2 N–H and O–H groups in total. The summed E-state index contributed by atoms with van der Waals surface area (Å²) in [5.41, 5.74) is -0.926. The van der Waals surface area contributed by atoms with E-state index in [4.69, 9.17) is 16.3 Å². The molecule has 0 bridgehead atoms. The van der Waals surface area contributed by atoms with E-state index in [-0.39, 0.29) is 23.4 Å². The van der Waals surface area contributed by atoms with Crippen molar-refractivity contribution >= 4 is 23.5 Å². The highest BCUT2D eigenvalue weighted by atomic mass is 35.5. The number of likely N-dealkylation sites (tertiary alicyclic amines) is 1. The number of hydrogen-bond acceptors (Lipinski definition) is 4. The molecule has 0 aromatic carbocycles. The fourth-order valence-corrected chi connectivity index (χ4v) is 2.96. The highest BCUT2D eigenvalue weighted by Gasteiger charge is 2.31. The van der Waals surface area contributed by atoms with Crippen molar-refractivity contribution in [3.63, 3.8) is 0 Å². The molecule has 11 heteroatoms. The second kappa shape index (κ2) is 11.1. The van der Waals surface area contributed by atoms with Crippen molar-refractivity contribution < 1.29 is 22.7 Å². The van der Waals surface area contributed by atoms with Gasteiger partial charge in [0.25, 0.3) is 0 Å². The number of hydrogen-bond donors (Lipinski definition) is 2. The van der Waals surface area contributed by atoms with Gasteiger partial charge in [0, 0.05) is 38.8 Å². The minimum atomic E-state index is -4.50. The molecular weight excluding hydrogens is 411 g/mol.